The van der Waals surface area contributed by atoms with Crippen molar-refractivity contribution in [3.8, 4) is 11.1 Å². The van der Waals surface area contributed by atoms with Gasteiger partial charge >= 0.3 is 0 Å². The molecule has 52 heavy (non-hydrogen) atoms. The predicted octanol–water partition coefficient (Wildman–Crippen LogP) is 15.0. The highest BCUT2D eigenvalue weighted by molar-refractivity contribution is 5.90. The summed E-state index contributed by atoms with van der Waals surface area (Å²) >= 11 is 0. The van der Waals surface area contributed by atoms with Crippen LogP contribution in [0, 0.1) is 10.8 Å². The fourth-order valence-corrected chi connectivity index (χ4v) is 7.36. The summed E-state index contributed by atoms with van der Waals surface area (Å²) in [6, 6.07) is 63.8. The Morgan fingerprint density at radius 3 is 1.33 bits per heavy atom. The third kappa shape index (κ3) is 7.82. The van der Waals surface area contributed by atoms with Gasteiger partial charge in [0.05, 0.1) is 0 Å². The molecule has 0 aromatic heterocycles. The van der Waals surface area contributed by atoms with Gasteiger partial charge in [-0.2, -0.15) is 0 Å². The lowest BCUT2D eigenvalue weighted by atomic mass is 9.69. The van der Waals surface area contributed by atoms with Crippen LogP contribution in [-0.4, -0.2) is 0 Å². The highest BCUT2D eigenvalue weighted by Gasteiger charge is 2.30. The van der Waals surface area contributed by atoms with Crippen molar-refractivity contribution in [1.29, 1.82) is 0 Å². The number of hydrogen-bond acceptors (Lipinski definition) is 2. The van der Waals surface area contributed by atoms with Gasteiger partial charge in [-0.3, -0.25) is 0 Å². The molecule has 0 fully saturated rings. The molecule has 0 amide bonds. The second kappa shape index (κ2) is 14.6. The van der Waals surface area contributed by atoms with Gasteiger partial charge in [0.2, 0.25) is 0 Å². The van der Waals surface area contributed by atoms with Crippen molar-refractivity contribution in [1.82, 2.24) is 0 Å². The number of rotatable bonds is 9. The second-order valence-electron chi connectivity index (χ2n) is 16.2. The first-order valence-electron chi connectivity index (χ1n) is 18.5. The number of para-hydroxylation sites is 1. The standard InChI is InChI=1S/C50H50N2/c1-49(2,3)36-48(50(4,5)6)40-24-28-43(29-25-40)51(42-19-11-8-12-20-42)45-31-33-46(34-32-45)52(47-30-23-38-17-13-14-18-41(38)35-47)44-26-21-39(22-27-44)37-15-9-7-10-16-37/h7-35,48H,36H2,1-6H3. The lowest BCUT2D eigenvalue weighted by Crippen LogP contribution is -2.23. The molecule has 0 saturated carbocycles. The van der Waals surface area contributed by atoms with E-state index in [1.165, 1.54) is 27.5 Å². The maximum atomic E-state index is 2.37. The van der Waals surface area contributed by atoms with Crippen molar-refractivity contribution in [2.45, 2.75) is 53.9 Å². The van der Waals surface area contributed by atoms with Gasteiger partial charge in [-0.25, -0.2) is 0 Å². The van der Waals surface area contributed by atoms with Crippen LogP contribution in [-0.2, 0) is 0 Å². The average Bonchev–Trinajstić information content (AvgIpc) is 3.15. The molecular weight excluding hydrogens is 629 g/mol. The zero-order valence-corrected chi connectivity index (χ0v) is 31.4. The van der Waals surface area contributed by atoms with Crippen molar-refractivity contribution < 1.29 is 0 Å². The Labute approximate surface area is 311 Å². The van der Waals surface area contributed by atoms with Crippen LogP contribution in [0.1, 0.15) is 59.4 Å². The molecule has 0 heterocycles. The van der Waals surface area contributed by atoms with Gasteiger partial charge in [0.1, 0.15) is 0 Å². The molecule has 0 aliphatic carbocycles. The van der Waals surface area contributed by atoms with E-state index >= 15 is 0 Å². The molecule has 7 rings (SSSR count). The Balaban J connectivity index is 1.27. The molecule has 2 nitrogen and oxygen atoms in total. The Morgan fingerprint density at radius 2 is 0.788 bits per heavy atom. The van der Waals surface area contributed by atoms with E-state index in [9.17, 15) is 0 Å². The number of benzene rings is 7. The fourth-order valence-electron chi connectivity index (χ4n) is 7.36. The molecule has 7 aromatic rings. The third-order valence-corrected chi connectivity index (χ3v) is 10.0. The summed E-state index contributed by atoms with van der Waals surface area (Å²) in [4.78, 5) is 4.72. The smallest absolute Gasteiger partial charge is 0.0468 e. The van der Waals surface area contributed by atoms with E-state index in [1.54, 1.807) is 0 Å². The van der Waals surface area contributed by atoms with Crippen LogP contribution in [0.5, 0.6) is 0 Å². The molecule has 0 aliphatic heterocycles. The zero-order valence-electron chi connectivity index (χ0n) is 31.4. The summed E-state index contributed by atoms with van der Waals surface area (Å²) in [7, 11) is 0. The van der Waals surface area contributed by atoms with E-state index in [1.807, 2.05) is 0 Å². The van der Waals surface area contributed by atoms with Gasteiger partial charge in [-0.15, -0.1) is 0 Å². The SMILES string of the molecule is CC(C)(C)CC(c1ccc(N(c2ccccc2)c2ccc(N(c3ccc(-c4ccccc4)cc3)c3ccc4ccccc4c3)cc2)cc1)C(C)(C)C. The summed E-state index contributed by atoms with van der Waals surface area (Å²) in [5.41, 5.74) is 11.0. The molecule has 2 heteroatoms. The first-order valence-corrected chi connectivity index (χ1v) is 18.5. The highest BCUT2D eigenvalue weighted by atomic mass is 15.2. The first kappa shape index (κ1) is 34.8. The van der Waals surface area contributed by atoms with Crippen LogP contribution in [0.2, 0.25) is 0 Å². The lowest BCUT2D eigenvalue weighted by Gasteiger charge is -2.36. The van der Waals surface area contributed by atoms with E-state index in [2.05, 4.69) is 227 Å². The van der Waals surface area contributed by atoms with Crippen LogP contribution in [0.4, 0.5) is 34.1 Å². The van der Waals surface area contributed by atoms with E-state index in [0.29, 0.717) is 5.92 Å². The second-order valence-corrected chi connectivity index (χ2v) is 16.2. The minimum Gasteiger partial charge on any atom is -0.311 e. The van der Waals surface area contributed by atoms with Gasteiger partial charge in [0, 0.05) is 34.1 Å². The summed E-state index contributed by atoms with van der Waals surface area (Å²) in [5.74, 6) is 0.467. The number of anilines is 6. The molecule has 260 valence electrons. The van der Waals surface area contributed by atoms with Crippen molar-refractivity contribution in [2.24, 2.45) is 10.8 Å². The summed E-state index contributed by atoms with van der Waals surface area (Å²) < 4.78 is 0. The van der Waals surface area contributed by atoms with Crippen molar-refractivity contribution >= 4 is 44.9 Å². The van der Waals surface area contributed by atoms with Crippen LogP contribution >= 0.6 is 0 Å². The molecule has 1 atom stereocenters. The van der Waals surface area contributed by atoms with Gasteiger partial charge in [0.25, 0.3) is 0 Å². The summed E-state index contributed by atoms with van der Waals surface area (Å²) in [5, 5.41) is 2.45. The Bertz CT molecular complexity index is 2210. The van der Waals surface area contributed by atoms with Crippen molar-refractivity contribution in [2.75, 3.05) is 9.80 Å². The quantitative estimate of drug-likeness (QED) is 0.150. The molecule has 0 saturated heterocycles. The molecule has 0 spiro atoms. The maximum absolute atomic E-state index is 2.37. The minimum absolute atomic E-state index is 0.169. The van der Waals surface area contributed by atoms with Gasteiger partial charge < -0.3 is 9.80 Å². The van der Waals surface area contributed by atoms with E-state index in [-0.39, 0.29) is 10.8 Å². The van der Waals surface area contributed by atoms with E-state index in [0.717, 1.165) is 40.5 Å². The number of fused-ring (bicyclic) bond motifs is 1. The molecule has 0 bridgehead atoms. The molecule has 0 N–H and O–H groups in total. The van der Waals surface area contributed by atoms with Crippen LogP contribution in [0.3, 0.4) is 0 Å². The summed E-state index contributed by atoms with van der Waals surface area (Å²) in [6.07, 6.45) is 1.14. The Hall–Kier alpha value is -5.60. The maximum Gasteiger partial charge on any atom is 0.0468 e. The van der Waals surface area contributed by atoms with Crippen molar-refractivity contribution in [3.05, 3.63) is 181 Å². The monoisotopic (exact) mass is 678 g/mol. The Kier molecular flexibility index (Phi) is 9.75. The van der Waals surface area contributed by atoms with E-state index in [4.69, 9.17) is 0 Å². The fraction of sp³-hybridized carbons (Fsp3) is 0.200. The topological polar surface area (TPSA) is 6.48 Å². The highest BCUT2D eigenvalue weighted by Crippen LogP contribution is 2.45. The normalized spacial score (nSPS) is 12.4. The molecular formula is C50H50N2. The minimum atomic E-state index is 0.169. The third-order valence-electron chi connectivity index (χ3n) is 10.0. The predicted molar refractivity (Wildman–Crippen MR) is 225 cm³/mol. The summed E-state index contributed by atoms with van der Waals surface area (Å²) in [6.45, 7) is 14.2. The van der Waals surface area contributed by atoms with Gasteiger partial charge in [-0.1, -0.05) is 145 Å². The average molecular weight is 679 g/mol. The lowest BCUT2D eigenvalue weighted by molar-refractivity contribution is 0.229. The Morgan fingerprint density at radius 1 is 0.385 bits per heavy atom. The van der Waals surface area contributed by atoms with Gasteiger partial charge in [0.15, 0.2) is 0 Å². The first-order chi connectivity index (χ1) is 25.0. The molecule has 0 radical (unpaired) electrons. The molecule has 0 aliphatic rings. The number of hydrogen-bond donors (Lipinski definition) is 0. The molecule has 7 aromatic carbocycles. The van der Waals surface area contributed by atoms with Crippen LogP contribution < -0.4 is 9.80 Å². The van der Waals surface area contributed by atoms with Crippen LogP contribution in [0.15, 0.2) is 176 Å². The van der Waals surface area contributed by atoms with Gasteiger partial charge in [-0.05, 0) is 123 Å². The number of nitrogens with zero attached hydrogens (tertiary/aromatic N) is 2. The van der Waals surface area contributed by atoms with Crippen molar-refractivity contribution in [3.63, 3.8) is 0 Å². The largest absolute Gasteiger partial charge is 0.311 e. The molecule has 1 unspecified atom stereocenters. The van der Waals surface area contributed by atoms with E-state index < -0.39 is 0 Å². The van der Waals surface area contributed by atoms with Crippen LogP contribution in [0.25, 0.3) is 21.9 Å². The zero-order chi connectivity index (χ0) is 36.3.